The second kappa shape index (κ2) is 7.49. The largest absolute Gasteiger partial charge is 0.493 e. The number of hydrogen-bond donors (Lipinski definition) is 0. The van der Waals surface area contributed by atoms with Crippen LogP contribution in [-0.2, 0) is 9.53 Å². The molecule has 0 amide bonds. The smallest absolute Gasteiger partial charge is 0.363 e. The molecule has 3 rings (SSSR count). The zero-order valence-corrected chi connectivity index (χ0v) is 13.7. The van der Waals surface area contributed by atoms with Crippen LogP contribution in [0.15, 0.2) is 53.2 Å². The van der Waals surface area contributed by atoms with Gasteiger partial charge in [-0.05, 0) is 35.9 Å². The number of rotatable bonds is 5. The van der Waals surface area contributed by atoms with Gasteiger partial charge in [0.1, 0.15) is 11.9 Å². The van der Waals surface area contributed by atoms with Crippen LogP contribution in [0.4, 0.5) is 4.39 Å². The lowest BCUT2D eigenvalue weighted by atomic mass is 10.1. The second-order valence-corrected chi connectivity index (χ2v) is 5.17. The van der Waals surface area contributed by atoms with Gasteiger partial charge in [-0.25, -0.2) is 14.2 Å². The van der Waals surface area contributed by atoms with Crippen molar-refractivity contribution in [2.45, 2.75) is 0 Å². The van der Waals surface area contributed by atoms with E-state index in [0.717, 1.165) is 0 Å². The Morgan fingerprint density at radius 3 is 2.81 bits per heavy atom. The van der Waals surface area contributed by atoms with Crippen molar-refractivity contribution in [3.8, 4) is 17.6 Å². The first kappa shape index (κ1) is 17.2. The fourth-order valence-corrected chi connectivity index (χ4v) is 2.32. The summed E-state index contributed by atoms with van der Waals surface area (Å²) in [5, 5.41) is 8.58. The van der Waals surface area contributed by atoms with Crippen molar-refractivity contribution >= 4 is 17.9 Å². The molecule has 0 bridgehead atoms. The molecular weight excluding hydrogens is 339 g/mol. The molecule has 0 saturated carbocycles. The molecule has 1 heterocycles. The first-order valence-corrected chi connectivity index (χ1v) is 7.57. The van der Waals surface area contributed by atoms with Crippen LogP contribution in [0.2, 0.25) is 0 Å². The topological polar surface area (TPSA) is 80.9 Å². The van der Waals surface area contributed by atoms with Crippen molar-refractivity contribution < 1.29 is 23.4 Å². The van der Waals surface area contributed by atoms with Crippen molar-refractivity contribution in [1.82, 2.24) is 0 Å². The Kier molecular flexibility index (Phi) is 4.94. The van der Waals surface area contributed by atoms with Gasteiger partial charge in [0.05, 0.1) is 12.7 Å². The summed E-state index contributed by atoms with van der Waals surface area (Å²) in [5.41, 5.74) is 0.759. The van der Waals surface area contributed by atoms with E-state index in [1.807, 2.05) is 6.07 Å². The van der Waals surface area contributed by atoms with Crippen LogP contribution in [-0.4, -0.2) is 25.6 Å². The Hall–Kier alpha value is -3.66. The van der Waals surface area contributed by atoms with Gasteiger partial charge in [0.2, 0.25) is 5.90 Å². The molecule has 0 radical (unpaired) electrons. The monoisotopic (exact) mass is 352 g/mol. The summed E-state index contributed by atoms with van der Waals surface area (Å²) >= 11 is 0. The molecule has 6 nitrogen and oxygen atoms in total. The predicted molar refractivity (Wildman–Crippen MR) is 91.1 cm³/mol. The van der Waals surface area contributed by atoms with Gasteiger partial charge in [-0.3, -0.25) is 0 Å². The van der Waals surface area contributed by atoms with Crippen LogP contribution in [0.25, 0.3) is 6.08 Å². The van der Waals surface area contributed by atoms with Crippen LogP contribution >= 0.6 is 0 Å². The van der Waals surface area contributed by atoms with E-state index in [4.69, 9.17) is 19.5 Å². The minimum atomic E-state index is -0.674. The highest BCUT2D eigenvalue weighted by Crippen LogP contribution is 2.29. The summed E-state index contributed by atoms with van der Waals surface area (Å²) in [6.45, 7) is -0.112. The minimum Gasteiger partial charge on any atom is -0.493 e. The van der Waals surface area contributed by atoms with E-state index in [-0.39, 0.29) is 23.8 Å². The Bertz CT molecular complexity index is 960. The lowest BCUT2D eigenvalue weighted by Gasteiger charge is -2.08. The predicted octanol–water partition coefficient (Wildman–Crippen LogP) is 3.08. The summed E-state index contributed by atoms with van der Waals surface area (Å²) in [6, 6.07) is 12.7. The molecule has 0 spiro atoms. The SMILES string of the molecule is COc1cc(/C=C2/N=C(c3ccccc3F)OC2=O)ccc1OCC#N. The maximum Gasteiger partial charge on any atom is 0.363 e. The summed E-state index contributed by atoms with van der Waals surface area (Å²) in [5.74, 6) is -0.478. The maximum absolute atomic E-state index is 13.8. The van der Waals surface area contributed by atoms with E-state index in [1.165, 1.54) is 31.4 Å². The summed E-state index contributed by atoms with van der Waals surface area (Å²) in [7, 11) is 1.46. The second-order valence-electron chi connectivity index (χ2n) is 5.17. The van der Waals surface area contributed by atoms with Gasteiger partial charge in [-0.1, -0.05) is 18.2 Å². The maximum atomic E-state index is 13.8. The average molecular weight is 352 g/mol. The van der Waals surface area contributed by atoms with Crippen LogP contribution in [0, 0.1) is 17.1 Å². The number of esters is 1. The molecule has 130 valence electrons. The zero-order valence-electron chi connectivity index (χ0n) is 13.7. The highest BCUT2D eigenvalue weighted by molar-refractivity contribution is 6.12. The van der Waals surface area contributed by atoms with E-state index in [9.17, 15) is 9.18 Å². The number of carbonyl (C=O) groups excluding carboxylic acids is 1. The number of nitriles is 1. The zero-order chi connectivity index (χ0) is 18.5. The van der Waals surface area contributed by atoms with Crippen LogP contribution < -0.4 is 9.47 Å². The summed E-state index contributed by atoms with van der Waals surface area (Å²) in [6.07, 6.45) is 1.49. The Morgan fingerprint density at radius 2 is 2.08 bits per heavy atom. The Balaban J connectivity index is 1.91. The molecule has 0 fully saturated rings. The Morgan fingerprint density at radius 1 is 1.27 bits per heavy atom. The number of methoxy groups -OCH3 is 1. The number of benzene rings is 2. The molecule has 0 aliphatic carbocycles. The van der Waals surface area contributed by atoms with Gasteiger partial charge in [0.25, 0.3) is 0 Å². The van der Waals surface area contributed by atoms with Gasteiger partial charge in [0, 0.05) is 0 Å². The molecule has 0 unspecified atom stereocenters. The number of cyclic esters (lactones) is 1. The molecule has 0 saturated heterocycles. The minimum absolute atomic E-state index is 0.0380. The van der Waals surface area contributed by atoms with Gasteiger partial charge >= 0.3 is 5.97 Å². The number of hydrogen-bond acceptors (Lipinski definition) is 6. The average Bonchev–Trinajstić information content (AvgIpc) is 3.01. The molecule has 7 heteroatoms. The fraction of sp³-hybridized carbons (Fsp3) is 0.105. The highest BCUT2D eigenvalue weighted by Gasteiger charge is 2.26. The van der Waals surface area contributed by atoms with Gasteiger partial charge in [0.15, 0.2) is 23.8 Å². The van der Waals surface area contributed by atoms with E-state index in [0.29, 0.717) is 17.1 Å². The van der Waals surface area contributed by atoms with Gasteiger partial charge in [-0.2, -0.15) is 5.26 Å². The lowest BCUT2D eigenvalue weighted by molar-refractivity contribution is -0.129. The van der Waals surface area contributed by atoms with Gasteiger partial charge in [-0.15, -0.1) is 0 Å². The van der Waals surface area contributed by atoms with E-state index in [1.54, 1.807) is 24.3 Å². The lowest BCUT2D eigenvalue weighted by Crippen LogP contribution is -2.07. The third kappa shape index (κ3) is 3.54. The summed E-state index contributed by atoms with van der Waals surface area (Å²) in [4.78, 5) is 16.1. The first-order valence-electron chi connectivity index (χ1n) is 7.57. The molecule has 26 heavy (non-hydrogen) atoms. The van der Waals surface area contributed by atoms with Crippen LogP contribution in [0.5, 0.6) is 11.5 Å². The van der Waals surface area contributed by atoms with Crippen molar-refractivity contribution in [3.63, 3.8) is 0 Å². The molecule has 1 aliphatic rings. The Labute approximate surface area is 148 Å². The molecule has 2 aromatic carbocycles. The number of ether oxygens (including phenoxy) is 3. The highest BCUT2D eigenvalue weighted by atomic mass is 19.1. The number of nitrogens with zero attached hydrogens (tertiary/aromatic N) is 2. The molecule has 0 aromatic heterocycles. The number of aliphatic imine (C=N–C) groups is 1. The van der Waals surface area contributed by atoms with E-state index in [2.05, 4.69) is 4.99 Å². The van der Waals surface area contributed by atoms with Crippen LogP contribution in [0.1, 0.15) is 11.1 Å². The van der Waals surface area contributed by atoms with Crippen molar-refractivity contribution in [2.75, 3.05) is 13.7 Å². The van der Waals surface area contributed by atoms with E-state index >= 15 is 0 Å². The quantitative estimate of drug-likeness (QED) is 0.610. The molecule has 0 atom stereocenters. The van der Waals surface area contributed by atoms with Gasteiger partial charge < -0.3 is 14.2 Å². The van der Waals surface area contributed by atoms with E-state index < -0.39 is 11.8 Å². The van der Waals surface area contributed by atoms with Crippen molar-refractivity contribution in [2.24, 2.45) is 4.99 Å². The molecule has 2 aromatic rings. The standard InChI is InChI=1S/C19H13FN2O4/c1-24-17-11-12(6-7-16(17)25-9-8-21)10-15-19(23)26-18(22-15)13-4-2-3-5-14(13)20/h2-7,10-11H,9H2,1H3/b15-10+. The number of carbonyl (C=O) groups is 1. The van der Waals surface area contributed by atoms with Crippen molar-refractivity contribution in [3.05, 3.63) is 65.1 Å². The number of halogens is 1. The fourth-order valence-electron chi connectivity index (χ4n) is 2.32. The van der Waals surface area contributed by atoms with Crippen LogP contribution in [0.3, 0.4) is 0 Å². The molecule has 0 N–H and O–H groups in total. The normalized spacial score (nSPS) is 14.6. The summed E-state index contributed by atoms with van der Waals surface area (Å²) < 4.78 is 29.3. The third-order valence-electron chi connectivity index (χ3n) is 3.51. The third-order valence-corrected chi connectivity index (χ3v) is 3.51. The van der Waals surface area contributed by atoms with Crippen molar-refractivity contribution in [1.29, 1.82) is 5.26 Å². The first-order chi connectivity index (χ1) is 12.6. The molecular formula is C19H13FN2O4. The molecule has 1 aliphatic heterocycles.